The Hall–Kier alpha value is -1.66. The molecule has 3 rings (SSSR count). The van der Waals surface area contributed by atoms with Crippen molar-refractivity contribution in [1.82, 2.24) is 19.5 Å². The highest BCUT2D eigenvalue weighted by Crippen LogP contribution is 2.35. The molecule has 0 aliphatic carbocycles. The molecule has 0 saturated carbocycles. The Balaban J connectivity index is 1.86. The maximum Gasteiger partial charge on any atom is 0.435 e. The molecule has 0 N–H and O–H groups in total. The smallest absolute Gasteiger partial charge is 0.377 e. The van der Waals surface area contributed by atoms with Gasteiger partial charge in [0.05, 0.1) is 18.8 Å². The Kier molecular flexibility index (Phi) is 5.26. The highest BCUT2D eigenvalue weighted by atomic mass is 32.1. The molecule has 6 nitrogen and oxygen atoms in total. The zero-order valence-electron chi connectivity index (χ0n) is 13.6. The second-order valence-corrected chi connectivity index (χ2v) is 7.03. The van der Waals surface area contributed by atoms with Crippen LogP contribution in [0.2, 0.25) is 0 Å². The van der Waals surface area contributed by atoms with Gasteiger partial charge in [-0.3, -0.25) is 9.69 Å². The number of likely N-dealkylation sites (tertiary alicyclic amines) is 1. The Morgan fingerprint density at radius 2 is 2.12 bits per heavy atom. The lowest BCUT2D eigenvalue weighted by Gasteiger charge is -2.15. The van der Waals surface area contributed by atoms with Crippen LogP contribution in [0.1, 0.15) is 22.8 Å². The second kappa shape index (κ2) is 7.16. The number of carbonyl (C=O) groups excluding carboxylic acids is 1. The number of carbonyl (C=O) groups is 1. The van der Waals surface area contributed by atoms with Crippen molar-refractivity contribution < 1.29 is 31.5 Å². The summed E-state index contributed by atoms with van der Waals surface area (Å²) in [7, 11) is 1.40. The zero-order valence-corrected chi connectivity index (χ0v) is 14.4. The number of aromatic nitrogens is 3. The molecule has 0 bridgehead atoms. The molecule has 26 heavy (non-hydrogen) atoms. The largest absolute Gasteiger partial charge is 0.435 e. The summed E-state index contributed by atoms with van der Waals surface area (Å²) in [4.78, 5) is 17.3. The van der Waals surface area contributed by atoms with Gasteiger partial charge in [-0.05, 0) is 0 Å². The van der Waals surface area contributed by atoms with Crippen molar-refractivity contribution in [2.45, 2.75) is 32.2 Å². The predicted molar refractivity (Wildman–Crippen MR) is 81.0 cm³/mol. The normalized spacial score (nSPS) is 19.3. The molecule has 1 unspecified atom stereocenters. The van der Waals surface area contributed by atoms with Gasteiger partial charge >= 0.3 is 6.18 Å². The molecule has 144 valence electrons. The van der Waals surface area contributed by atoms with Gasteiger partial charge in [-0.1, -0.05) is 11.3 Å². The maximum atomic E-state index is 13.5. The number of hydrogen-bond acceptors (Lipinski definition) is 6. The van der Waals surface area contributed by atoms with E-state index in [0.717, 1.165) is 15.9 Å². The minimum Gasteiger partial charge on any atom is -0.377 e. The van der Waals surface area contributed by atoms with Crippen LogP contribution in [0.3, 0.4) is 0 Å². The Morgan fingerprint density at radius 3 is 2.73 bits per heavy atom. The van der Waals surface area contributed by atoms with E-state index in [4.69, 9.17) is 4.74 Å². The molecule has 0 amide bonds. The van der Waals surface area contributed by atoms with Crippen molar-refractivity contribution in [3.63, 3.8) is 0 Å². The van der Waals surface area contributed by atoms with Crippen LogP contribution in [0, 0.1) is 5.92 Å². The molecule has 1 aliphatic rings. The number of hydrogen-bond donors (Lipinski definition) is 0. The molecule has 12 heteroatoms. The van der Waals surface area contributed by atoms with Gasteiger partial charge < -0.3 is 4.74 Å². The molecule has 2 aromatic heterocycles. The van der Waals surface area contributed by atoms with E-state index in [1.54, 1.807) is 0 Å². The van der Waals surface area contributed by atoms with Gasteiger partial charge in [-0.15, -0.1) is 0 Å². The van der Waals surface area contributed by atoms with Gasteiger partial charge in [0.2, 0.25) is 11.4 Å². The second-order valence-electron chi connectivity index (χ2n) is 5.99. The van der Waals surface area contributed by atoms with E-state index in [-0.39, 0.29) is 42.7 Å². The highest BCUT2D eigenvalue weighted by molar-refractivity contribution is 7.16. The van der Waals surface area contributed by atoms with Gasteiger partial charge in [0.1, 0.15) is 5.01 Å². The van der Waals surface area contributed by atoms with Crippen LogP contribution in [0.5, 0.6) is 0 Å². The standard InChI is InChI=1S/C14H15F5N4O2S/c1-25-6-11-21-23-12(14(17,18)19)8(20-13(23)26-11)4-22-3-7(2-10(15)16)9(24)5-22/h7,10H,2-6H2,1H3. The van der Waals surface area contributed by atoms with Crippen LogP contribution in [-0.2, 0) is 28.9 Å². The first-order chi connectivity index (χ1) is 12.2. The van der Waals surface area contributed by atoms with E-state index in [0.29, 0.717) is 5.01 Å². The van der Waals surface area contributed by atoms with E-state index >= 15 is 0 Å². The van der Waals surface area contributed by atoms with Crippen LogP contribution in [0.25, 0.3) is 4.96 Å². The van der Waals surface area contributed by atoms with Crippen LogP contribution < -0.4 is 0 Å². The molecule has 1 atom stereocenters. The summed E-state index contributed by atoms with van der Waals surface area (Å²) in [6.45, 7) is -0.358. The molecule has 1 saturated heterocycles. The lowest BCUT2D eigenvalue weighted by molar-refractivity contribution is -0.143. The quantitative estimate of drug-likeness (QED) is 0.701. The zero-order chi connectivity index (χ0) is 19.1. The van der Waals surface area contributed by atoms with Crippen molar-refractivity contribution >= 4 is 22.1 Å². The van der Waals surface area contributed by atoms with Gasteiger partial charge in [-0.25, -0.2) is 13.8 Å². The van der Waals surface area contributed by atoms with Gasteiger partial charge in [0.25, 0.3) is 0 Å². The van der Waals surface area contributed by atoms with Gasteiger partial charge in [0.15, 0.2) is 11.5 Å². The van der Waals surface area contributed by atoms with Crippen molar-refractivity contribution in [2.75, 3.05) is 20.2 Å². The van der Waals surface area contributed by atoms with Crippen molar-refractivity contribution in [3.8, 4) is 0 Å². The first kappa shape index (κ1) is 19.1. The number of alkyl halides is 5. The first-order valence-corrected chi connectivity index (χ1v) is 8.47. The summed E-state index contributed by atoms with van der Waals surface area (Å²) in [5.41, 5.74) is -1.29. The number of ether oxygens (including phenoxy) is 1. The lowest BCUT2D eigenvalue weighted by atomic mass is 10.0. The summed E-state index contributed by atoms with van der Waals surface area (Å²) in [5.74, 6) is -1.25. The van der Waals surface area contributed by atoms with Gasteiger partial charge in [0, 0.05) is 32.5 Å². The number of ketones is 1. The highest BCUT2D eigenvalue weighted by Gasteiger charge is 2.41. The Labute approximate surface area is 148 Å². The maximum absolute atomic E-state index is 13.5. The number of fused-ring (bicyclic) bond motifs is 1. The van der Waals surface area contributed by atoms with E-state index in [9.17, 15) is 26.7 Å². The van der Waals surface area contributed by atoms with E-state index in [1.165, 1.54) is 12.0 Å². The summed E-state index contributed by atoms with van der Waals surface area (Å²) in [6.07, 6.45) is -7.91. The minimum absolute atomic E-state index is 0.00595. The fourth-order valence-electron chi connectivity index (χ4n) is 2.99. The SMILES string of the molecule is COCc1nn2c(C(F)(F)F)c(CN3CC(=O)C(CC(F)F)C3)nc2s1. The third-order valence-electron chi connectivity index (χ3n) is 4.00. The van der Waals surface area contributed by atoms with Crippen molar-refractivity contribution in [1.29, 1.82) is 0 Å². The number of methoxy groups -OCH3 is 1. The molecule has 0 radical (unpaired) electrons. The topological polar surface area (TPSA) is 59.7 Å². The summed E-state index contributed by atoms with van der Waals surface area (Å²) >= 11 is 0.971. The fraction of sp³-hybridized carbons (Fsp3) is 0.643. The minimum atomic E-state index is -4.70. The number of nitrogens with zero attached hydrogens (tertiary/aromatic N) is 4. The Morgan fingerprint density at radius 1 is 1.38 bits per heavy atom. The number of imidazole rings is 1. The fourth-order valence-corrected chi connectivity index (χ4v) is 3.87. The monoisotopic (exact) mass is 398 g/mol. The van der Waals surface area contributed by atoms with E-state index in [1.807, 2.05) is 0 Å². The Bertz CT molecular complexity index is 803. The molecular formula is C14H15F5N4O2S. The lowest BCUT2D eigenvalue weighted by Crippen LogP contribution is -2.23. The predicted octanol–water partition coefficient (Wildman–Crippen LogP) is 2.61. The van der Waals surface area contributed by atoms with Crippen LogP contribution in [0.15, 0.2) is 0 Å². The first-order valence-electron chi connectivity index (χ1n) is 7.65. The van der Waals surface area contributed by atoms with Crippen LogP contribution in [0.4, 0.5) is 22.0 Å². The molecule has 3 heterocycles. The number of Topliss-reactive ketones (excluding diaryl/α,β-unsaturated/α-hetero) is 1. The molecular weight excluding hydrogens is 383 g/mol. The average molecular weight is 398 g/mol. The number of rotatable bonds is 6. The third-order valence-corrected chi connectivity index (χ3v) is 4.89. The molecule has 1 fully saturated rings. The molecule has 0 spiro atoms. The van der Waals surface area contributed by atoms with Crippen LogP contribution in [-0.4, -0.2) is 51.9 Å². The molecule has 2 aromatic rings. The van der Waals surface area contributed by atoms with E-state index < -0.39 is 30.6 Å². The van der Waals surface area contributed by atoms with E-state index in [2.05, 4.69) is 10.1 Å². The summed E-state index contributed by atoms with van der Waals surface area (Å²) in [5, 5.41) is 4.22. The summed E-state index contributed by atoms with van der Waals surface area (Å²) in [6, 6.07) is 0. The average Bonchev–Trinajstić information content (AvgIpc) is 3.11. The number of halogens is 5. The molecule has 1 aliphatic heterocycles. The van der Waals surface area contributed by atoms with Crippen molar-refractivity contribution in [2.24, 2.45) is 5.92 Å². The van der Waals surface area contributed by atoms with Crippen molar-refractivity contribution in [3.05, 3.63) is 16.4 Å². The van der Waals surface area contributed by atoms with Crippen LogP contribution >= 0.6 is 11.3 Å². The third kappa shape index (κ3) is 3.86. The molecule has 0 aromatic carbocycles. The summed E-state index contributed by atoms with van der Waals surface area (Å²) < 4.78 is 71.0. The van der Waals surface area contributed by atoms with Gasteiger partial charge in [-0.2, -0.15) is 22.8 Å².